The Balaban J connectivity index is 1.93. The van der Waals surface area contributed by atoms with Crippen molar-refractivity contribution in [3.8, 4) is 0 Å². The highest BCUT2D eigenvalue weighted by Crippen LogP contribution is 2.35. The summed E-state index contributed by atoms with van der Waals surface area (Å²) in [5.74, 6) is -0.470. The summed E-state index contributed by atoms with van der Waals surface area (Å²) in [6.45, 7) is 2.02. The second-order valence-corrected chi connectivity index (χ2v) is 5.41. The molecule has 2 aliphatic rings. The third-order valence-electron chi connectivity index (χ3n) is 4.19. The SMILES string of the molecule is CCC1(OC(=O)C2CC(OO)C(O)O2)CCCCC1. The van der Waals surface area contributed by atoms with Crippen LogP contribution in [-0.4, -0.2) is 40.4 Å². The number of rotatable bonds is 4. The molecule has 0 radical (unpaired) electrons. The van der Waals surface area contributed by atoms with Gasteiger partial charge in [0, 0.05) is 6.42 Å². The number of aliphatic hydroxyl groups excluding tert-OH is 1. The molecule has 0 bridgehead atoms. The highest BCUT2D eigenvalue weighted by molar-refractivity contribution is 5.75. The Morgan fingerprint density at radius 1 is 1.37 bits per heavy atom. The molecule has 19 heavy (non-hydrogen) atoms. The van der Waals surface area contributed by atoms with Crippen LogP contribution in [0.5, 0.6) is 0 Å². The fourth-order valence-electron chi connectivity index (χ4n) is 2.89. The number of aliphatic hydroxyl groups is 1. The van der Waals surface area contributed by atoms with Crippen LogP contribution < -0.4 is 0 Å². The van der Waals surface area contributed by atoms with E-state index < -0.39 is 24.5 Å². The van der Waals surface area contributed by atoms with Gasteiger partial charge in [-0.3, -0.25) is 5.26 Å². The number of carbonyl (C=O) groups excluding carboxylic acids is 1. The predicted molar refractivity (Wildman–Crippen MR) is 65.2 cm³/mol. The van der Waals surface area contributed by atoms with Crippen molar-refractivity contribution >= 4 is 5.97 Å². The Bertz CT molecular complexity index is 312. The van der Waals surface area contributed by atoms with E-state index in [1.165, 1.54) is 6.42 Å². The van der Waals surface area contributed by atoms with Crippen LogP contribution in [0.1, 0.15) is 51.9 Å². The van der Waals surface area contributed by atoms with Gasteiger partial charge in [-0.25, -0.2) is 9.68 Å². The maximum Gasteiger partial charge on any atom is 0.336 e. The molecule has 2 fully saturated rings. The van der Waals surface area contributed by atoms with E-state index in [4.69, 9.17) is 14.7 Å². The lowest BCUT2D eigenvalue weighted by molar-refractivity contribution is -0.307. The molecule has 0 aromatic heterocycles. The van der Waals surface area contributed by atoms with Gasteiger partial charge < -0.3 is 14.6 Å². The van der Waals surface area contributed by atoms with Gasteiger partial charge in [0.2, 0.25) is 0 Å². The van der Waals surface area contributed by atoms with Crippen LogP contribution in [0.3, 0.4) is 0 Å². The fourth-order valence-corrected chi connectivity index (χ4v) is 2.89. The van der Waals surface area contributed by atoms with Crippen molar-refractivity contribution in [3.05, 3.63) is 0 Å². The molecule has 0 spiro atoms. The zero-order chi connectivity index (χ0) is 13.9. The van der Waals surface area contributed by atoms with Gasteiger partial charge in [-0.2, -0.15) is 0 Å². The van der Waals surface area contributed by atoms with Gasteiger partial charge in [0.1, 0.15) is 11.7 Å². The maximum absolute atomic E-state index is 12.1. The van der Waals surface area contributed by atoms with E-state index in [1.807, 2.05) is 6.92 Å². The number of carbonyl (C=O) groups is 1. The van der Waals surface area contributed by atoms with Crippen molar-refractivity contribution in [2.24, 2.45) is 0 Å². The highest BCUT2D eigenvalue weighted by Gasteiger charge is 2.43. The molecule has 0 amide bonds. The minimum Gasteiger partial charge on any atom is -0.457 e. The number of ether oxygens (including phenoxy) is 2. The zero-order valence-corrected chi connectivity index (χ0v) is 11.2. The van der Waals surface area contributed by atoms with Crippen molar-refractivity contribution in [3.63, 3.8) is 0 Å². The Hall–Kier alpha value is -0.690. The summed E-state index contributed by atoms with van der Waals surface area (Å²) in [6, 6.07) is 0. The first-order valence-electron chi connectivity index (χ1n) is 6.97. The summed E-state index contributed by atoms with van der Waals surface area (Å²) in [6.07, 6.45) is 2.93. The molecule has 0 aromatic carbocycles. The van der Waals surface area contributed by atoms with Crippen molar-refractivity contribution in [1.82, 2.24) is 0 Å². The van der Waals surface area contributed by atoms with Crippen LogP contribution in [0, 0.1) is 0 Å². The molecular weight excluding hydrogens is 252 g/mol. The van der Waals surface area contributed by atoms with E-state index in [9.17, 15) is 9.90 Å². The molecule has 110 valence electrons. The van der Waals surface area contributed by atoms with Gasteiger partial charge in [0.05, 0.1) is 0 Å². The first-order valence-corrected chi connectivity index (χ1v) is 6.97. The summed E-state index contributed by atoms with van der Waals surface area (Å²) in [4.78, 5) is 16.2. The summed E-state index contributed by atoms with van der Waals surface area (Å²) in [7, 11) is 0. The summed E-state index contributed by atoms with van der Waals surface area (Å²) in [5, 5.41) is 18.0. The smallest absolute Gasteiger partial charge is 0.336 e. The molecule has 6 nitrogen and oxygen atoms in total. The van der Waals surface area contributed by atoms with E-state index in [0.717, 1.165) is 32.1 Å². The first-order chi connectivity index (χ1) is 9.10. The second-order valence-electron chi connectivity index (χ2n) is 5.41. The van der Waals surface area contributed by atoms with E-state index in [1.54, 1.807) is 0 Å². The Morgan fingerprint density at radius 3 is 2.58 bits per heavy atom. The Labute approximate surface area is 112 Å². The largest absolute Gasteiger partial charge is 0.457 e. The lowest BCUT2D eigenvalue weighted by atomic mass is 9.82. The van der Waals surface area contributed by atoms with Gasteiger partial charge >= 0.3 is 5.97 Å². The molecular formula is C13H22O6. The van der Waals surface area contributed by atoms with Gasteiger partial charge in [0.15, 0.2) is 12.4 Å². The molecule has 1 aliphatic carbocycles. The highest BCUT2D eigenvalue weighted by atomic mass is 17.1. The lowest BCUT2D eigenvalue weighted by Crippen LogP contribution is -2.40. The quantitative estimate of drug-likeness (QED) is 0.460. The molecule has 0 aromatic rings. The molecule has 1 heterocycles. The van der Waals surface area contributed by atoms with E-state index in [2.05, 4.69) is 4.89 Å². The average molecular weight is 274 g/mol. The number of hydrogen-bond donors (Lipinski definition) is 2. The summed E-state index contributed by atoms with van der Waals surface area (Å²) < 4.78 is 10.7. The average Bonchev–Trinajstić information content (AvgIpc) is 2.81. The standard InChI is InChI=1S/C13H22O6/c1-2-13(6-4-3-5-7-13)18-12(15)9-8-10(19-16)11(14)17-9/h9-11,14,16H,2-8H2,1H3. The van der Waals surface area contributed by atoms with E-state index in [-0.39, 0.29) is 12.0 Å². The lowest BCUT2D eigenvalue weighted by Gasteiger charge is -2.36. The van der Waals surface area contributed by atoms with E-state index >= 15 is 0 Å². The molecule has 2 N–H and O–H groups in total. The molecule has 6 heteroatoms. The second kappa shape index (κ2) is 6.17. The van der Waals surface area contributed by atoms with Crippen LogP contribution in [0.25, 0.3) is 0 Å². The molecule has 1 saturated heterocycles. The molecule has 3 atom stereocenters. The van der Waals surface area contributed by atoms with Crippen LogP contribution in [-0.2, 0) is 19.2 Å². The normalized spacial score (nSPS) is 34.2. The first kappa shape index (κ1) is 14.7. The fraction of sp³-hybridized carbons (Fsp3) is 0.923. The summed E-state index contributed by atoms with van der Waals surface area (Å²) in [5.41, 5.74) is -0.387. The Morgan fingerprint density at radius 2 is 2.05 bits per heavy atom. The topological polar surface area (TPSA) is 85.2 Å². The minimum atomic E-state index is -1.29. The van der Waals surface area contributed by atoms with Crippen molar-refractivity contribution < 1.29 is 29.5 Å². The summed E-state index contributed by atoms with van der Waals surface area (Å²) >= 11 is 0. The molecule has 3 unspecified atom stereocenters. The minimum absolute atomic E-state index is 0.107. The third kappa shape index (κ3) is 3.25. The molecule has 1 saturated carbocycles. The van der Waals surface area contributed by atoms with Crippen molar-refractivity contribution in [1.29, 1.82) is 0 Å². The van der Waals surface area contributed by atoms with Gasteiger partial charge in [0.25, 0.3) is 0 Å². The van der Waals surface area contributed by atoms with Crippen LogP contribution in [0.2, 0.25) is 0 Å². The molecule has 1 aliphatic heterocycles. The molecule has 2 rings (SSSR count). The monoisotopic (exact) mass is 274 g/mol. The predicted octanol–water partition coefficient (Wildman–Crippen LogP) is 1.61. The van der Waals surface area contributed by atoms with Crippen LogP contribution in [0.15, 0.2) is 0 Å². The van der Waals surface area contributed by atoms with Crippen LogP contribution >= 0.6 is 0 Å². The van der Waals surface area contributed by atoms with Crippen molar-refractivity contribution in [2.45, 2.75) is 76.0 Å². The van der Waals surface area contributed by atoms with Crippen LogP contribution in [0.4, 0.5) is 0 Å². The van der Waals surface area contributed by atoms with Gasteiger partial charge in [-0.05, 0) is 32.1 Å². The van der Waals surface area contributed by atoms with Gasteiger partial charge in [-0.15, -0.1) is 0 Å². The maximum atomic E-state index is 12.1. The number of esters is 1. The van der Waals surface area contributed by atoms with Gasteiger partial charge in [-0.1, -0.05) is 13.3 Å². The van der Waals surface area contributed by atoms with E-state index in [0.29, 0.717) is 0 Å². The van der Waals surface area contributed by atoms with Crippen molar-refractivity contribution in [2.75, 3.05) is 0 Å². The number of hydrogen-bond acceptors (Lipinski definition) is 6. The Kier molecular flexibility index (Phi) is 4.78. The third-order valence-corrected chi connectivity index (χ3v) is 4.19. The zero-order valence-electron chi connectivity index (χ0n) is 11.2.